The maximum Gasteiger partial charge on any atom is 0.335 e. The van der Waals surface area contributed by atoms with Crippen LogP contribution in [0.5, 0.6) is 0 Å². The smallest absolute Gasteiger partial charge is 0.335 e. The van der Waals surface area contributed by atoms with Crippen LogP contribution < -0.4 is 5.32 Å². The number of benzene rings is 2. The maximum atomic E-state index is 12.1. The van der Waals surface area contributed by atoms with E-state index in [1.165, 1.54) is 6.07 Å². The number of aromatic carboxylic acids is 1. The van der Waals surface area contributed by atoms with E-state index in [9.17, 15) is 9.59 Å². The first kappa shape index (κ1) is 11.5. The lowest BCUT2D eigenvalue weighted by molar-refractivity contribution is 0.0696. The van der Waals surface area contributed by atoms with Gasteiger partial charge in [-0.3, -0.25) is 4.79 Å². The molecule has 3 rings (SSSR count). The molecule has 1 amide bonds. The molecule has 0 saturated heterocycles. The molecule has 0 aromatic heterocycles. The van der Waals surface area contributed by atoms with Crippen molar-refractivity contribution >= 4 is 17.6 Å². The van der Waals surface area contributed by atoms with Gasteiger partial charge >= 0.3 is 5.97 Å². The minimum Gasteiger partial charge on any atom is -0.478 e. The van der Waals surface area contributed by atoms with Gasteiger partial charge in [-0.25, -0.2) is 4.79 Å². The van der Waals surface area contributed by atoms with Gasteiger partial charge in [-0.15, -0.1) is 0 Å². The highest BCUT2D eigenvalue weighted by molar-refractivity contribution is 6.07. The Bertz CT molecular complexity index is 692. The fourth-order valence-corrected chi connectivity index (χ4v) is 2.27. The lowest BCUT2D eigenvalue weighted by atomic mass is 9.99. The van der Waals surface area contributed by atoms with E-state index < -0.39 is 5.97 Å². The molecule has 0 saturated carbocycles. The Morgan fingerprint density at radius 2 is 1.89 bits per heavy atom. The number of carbonyl (C=O) groups excluding carboxylic acids is 1. The van der Waals surface area contributed by atoms with Crippen LogP contribution in [0.3, 0.4) is 0 Å². The van der Waals surface area contributed by atoms with Crippen LogP contribution in [0.4, 0.5) is 5.69 Å². The molecule has 4 nitrogen and oxygen atoms in total. The van der Waals surface area contributed by atoms with Gasteiger partial charge < -0.3 is 10.4 Å². The number of carboxylic acids is 1. The van der Waals surface area contributed by atoms with Crippen molar-refractivity contribution < 1.29 is 14.7 Å². The van der Waals surface area contributed by atoms with Gasteiger partial charge in [-0.1, -0.05) is 24.3 Å². The third-order valence-electron chi connectivity index (χ3n) is 3.25. The minimum absolute atomic E-state index is 0.171. The second-order valence-electron chi connectivity index (χ2n) is 4.47. The minimum atomic E-state index is -1.00. The topological polar surface area (TPSA) is 66.4 Å². The second-order valence-corrected chi connectivity index (χ2v) is 4.47. The Kier molecular flexibility index (Phi) is 2.56. The van der Waals surface area contributed by atoms with Crippen molar-refractivity contribution in [3.8, 4) is 0 Å². The van der Waals surface area contributed by atoms with Crippen LogP contribution in [-0.4, -0.2) is 17.0 Å². The number of nitrogens with one attached hydrogen (secondary N) is 1. The van der Waals surface area contributed by atoms with E-state index in [1.807, 2.05) is 18.2 Å². The van der Waals surface area contributed by atoms with Crippen LogP contribution in [-0.2, 0) is 6.42 Å². The molecule has 4 heteroatoms. The summed E-state index contributed by atoms with van der Waals surface area (Å²) in [5, 5.41) is 11.8. The van der Waals surface area contributed by atoms with Crippen LogP contribution in [0.15, 0.2) is 42.5 Å². The quantitative estimate of drug-likeness (QED) is 0.820. The zero-order chi connectivity index (χ0) is 13.4. The number of rotatable bonds is 1. The number of amides is 1. The van der Waals surface area contributed by atoms with Crippen molar-refractivity contribution in [2.45, 2.75) is 6.42 Å². The van der Waals surface area contributed by atoms with Crippen molar-refractivity contribution in [1.29, 1.82) is 0 Å². The summed E-state index contributed by atoms with van der Waals surface area (Å²) in [6.45, 7) is 0. The first-order chi connectivity index (χ1) is 9.15. The van der Waals surface area contributed by atoms with E-state index >= 15 is 0 Å². The average Bonchev–Trinajstić information content (AvgIpc) is 2.54. The molecule has 94 valence electrons. The number of carbonyl (C=O) groups is 2. The summed E-state index contributed by atoms with van der Waals surface area (Å²) in [5.74, 6) is -1.20. The molecule has 2 aromatic carbocycles. The van der Waals surface area contributed by atoms with Crippen LogP contribution in [0.2, 0.25) is 0 Å². The molecule has 2 N–H and O–H groups in total. The van der Waals surface area contributed by atoms with E-state index in [0.717, 1.165) is 11.1 Å². The van der Waals surface area contributed by atoms with Gasteiger partial charge in [0.2, 0.25) is 0 Å². The zero-order valence-electron chi connectivity index (χ0n) is 10.0. The predicted molar refractivity (Wildman–Crippen MR) is 70.6 cm³/mol. The van der Waals surface area contributed by atoms with E-state index in [-0.39, 0.29) is 11.5 Å². The first-order valence-corrected chi connectivity index (χ1v) is 5.90. The van der Waals surface area contributed by atoms with Crippen molar-refractivity contribution in [2.24, 2.45) is 0 Å². The standard InChI is InChI=1S/C15H11NO3/c17-14-12-4-2-1-3-9(12)7-10-5-6-11(15(18)19)8-13(10)16-14/h1-6,8H,7H2,(H,16,17)(H,18,19). The van der Waals surface area contributed by atoms with E-state index in [1.54, 1.807) is 18.2 Å². The molecule has 2 aromatic rings. The van der Waals surface area contributed by atoms with E-state index in [0.29, 0.717) is 17.7 Å². The van der Waals surface area contributed by atoms with Crippen LogP contribution in [0.1, 0.15) is 31.8 Å². The van der Waals surface area contributed by atoms with Crippen molar-refractivity contribution in [2.75, 3.05) is 5.32 Å². The third kappa shape index (κ3) is 1.97. The molecule has 1 aliphatic rings. The van der Waals surface area contributed by atoms with Crippen molar-refractivity contribution in [1.82, 2.24) is 0 Å². The Morgan fingerprint density at radius 3 is 2.68 bits per heavy atom. The predicted octanol–water partition coefficient (Wildman–Crippen LogP) is 2.54. The molecule has 19 heavy (non-hydrogen) atoms. The Labute approximate surface area is 109 Å². The van der Waals surface area contributed by atoms with Gasteiger partial charge in [0, 0.05) is 17.7 Å². The second kappa shape index (κ2) is 4.24. The fourth-order valence-electron chi connectivity index (χ4n) is 2.27. The summed E-state index contributed by atoms with van der Waals surface area (Å²) in [7, 11) is 0. The molecule has 0 bridgehead atoms. The van der Waals surface area contributed by atoms with Gasteiger partial charge in [0.1, 0.15) is 0 Å². The monoisotopic (exact) mass is 253 g/mol. The number of fused-ring (bicyclic) bond motifs is 2. The molecule has 1 heterocycles. The van der Waals surface area contributed by atoms with E-state index in [4.69, 9.17) is 5.11 Å². The molecule has 0 aliphatic carbocycles. The molecule has 0 unspecified atom stereocenters. The summed E-state index contributed by atoms with van der Waals surface area (Å²) in [6.07, 6.45) is 0.615. The maximum absolute atomic E-state index is 12.1. The summed E-state index contributed by atoms with van der Waals surface area (Å²) in [4.78, 5) is 23.1. The van der Waals surface area contributed by atoms with Gasteiger partial charge in [0.05, 0.1) is 5.56 Å². The fraction of sp³-hybridized carbons (Fsp3) is 0.0667. The molecule has 0 atom stereocenters. The average molecular weight is 253 g/mol. The number of carboxylic acid groups (broad SMARTS) is 1. The molecule has 1 aliphatic heterocycles. The van der Waals surface area contributed by atoms with Crippen LogP contribution in [0, 0.1) is 0 Å². The van der Waals surface area contributed by atoms with Gasteiger partial charge in [-0.2, -0.15) is 0 Å². The Hall–Kier alpha value is -2.62. The number of hydrogen-bond acceptors (Lipinski definition) is 2. The molecule has 0 spiro atoms. The molecule has 0 radical (unpaired) electrons. The highest BCUT2D eigenvalue weighted by Crippen LogP contribution is 2.27. The van der Waals surface area contributed by atoms with Crippen molar-refractivity contribution in [3.05, 3.63) is 64.7 Å². The summed E-state index contributed by atoms with van der Waals surface area (Å²) in [6, 6.07) is 12.2. The first-order valence-electron chi connectivity index (χ1n) is 5.90. The third-order valence-corrected chi connectivity index (χ3v) is 3.25. The highest BCUT2D eigenvalue weighted by atomic mass is 16.4. The zero-order valence-corrected chi connectivity index (χ0v) is 10.0. The van der Waals surface area contributed by atoms with Crippen molar-refractivity contribution in [3.63, 3.8) is 0 Å². The van der Waals surface area contributed by atoms with Crippen LogP contribution in [0.25, 0.3) is 0 Å². The summed E-state index contributed by atoms with van der Waals surface area (Å²) in [5.41, 5.74) is 3.24. The lowest BCUT2D eigenvalue weighted by Gasteiger charge is -2.07. The number of hydrogen-bond donors (Lipinski definition) is 2. The number of anilines is 1. The Morgan fingerprint density at radius 1 is 1.11 bits per heavy atom. The summed E-state index contributed by atoms with van der Waals surface area (Å²) >= 11 is 0. The van der Waals surface area contributed by atoms with E-state index in [2.05, 4.69) is 5.32 Å². The Balaban J connectivity index is 2.12. The summed E-state index contributed by atoms with van der Waals surface area (Å²) < 4.78 is 0. The van der Waals surface area contributed by atoms with Gasteiger partial charge in [0.15, 0.2) is 0 Å². The SMILES string of the molecule is O=C(O)c1ccc2c(c1)NC(=O)c1ccccc1C2. The normalized spacial score (nSPS) is 12.9. The van der Waals surface area contributed by atoms with Gasteiger partial charge in [-0.05, 0) is 29.3 Å². The highest BCUT2D eigenvalue weighted by Gasteiger charge is 2.19. The molecular formula is C15H11NO3. The lowest BCUT2D eigenvalue weighted by Crippen LogP contribution is -2.12. The molecule has 0 fully saturated rings. The molecular weight excluding hydrogens is 242 g/mol. The van der Waals surface area contributed by atoms with Crippen LogP contribution >= 0.6 is 0 Å². The largest absolute Gasteiger partial charge is 0.478 e. The van der Waals surface area contributed by atoms with Gasteiger partial charge in [0.25, 0.3) is 5.91 Å².